The Balaban J connectivity index is 1.50. The van der Waals surface area contributed by atoms with E-state index in [1.165, 1.54) is 4.90 Å². The van der Waals surface area contributed by atoms with E-state index in [1.807, 2.05) is 48.5 Å². The number of carbonyl (C=O) groups excluding carboxylic acids is 1. The van der Waals surface area contributed by atoms with Crippen molar-refractivity contribution in [2.75, 3.05) is 18.6 Å². The lowest BCUT2D eigenvalue weighted by molar-refractivity contribution is 0.255. The summed E-state index contributed by atoms with van der Waals surface area (Å²) in [5, 5.41) is 9.65. The van der Waals surface area contributed by atoms with Crippen LogP contribution in [0.2, 0.25) is 0 Å². The van der Waals surface area contributed by atoms with E-state index in [0.717, 1.165) is 40.3 Å². The number of ether oxygens (including phenoxy) is 1. The number of aromatic amines is 1. The molecule has 0 saturated heterocycles. The molecule has 0 aliphatic carbocycles. The standard InChI is InChI=1S/C20H21N3O4S/c1-23(19(21)25)15-6-2-13(3-7-15)10-11-27-16-8-4-14(5-9-16)12-17-18(24)22-20(26)28-17/h2-9,24H,10-12H2,1H3,(H2,21,25)(H,22,26). The second-order valence-corrected chi connectivity index (χ2v) is 7.34. The number of hydrogen-bond donors (Lipinski definition) is 3. The molecule has 0 radical (unpaired) electrons. The highest BCUT2D eigenvalue weighted by atomic mass is 32.1. The highest BCUT2D eigenvalue weighted by molar-refractivity contribution is 7.09. The van der Waals surface area contributed by atoms with E-state index in [1.54, 1.807) is 7.05 Å². The summed E-state index contributed by atoms with van der Waals surface area (Å²) in [4.78, 5) is 26.5. The number of anilines is 1. The number of carbonyl (C=O) groups is 1. The fraction of sp³-hybridized carbons (Fsp3) is 0.200. The minimum absolute atomic E-state index is 0.0663. The number of hydrogen-bond acceptors (Lipinski definition) is 5. The number of primary amides is 1. The van der Waals surface area contributed by atoms with Crippen molar-refractivity contribution in [3.05, 3.63) is 74.2 Å². The molecule has 0 fully saturated rings. The fourth-order valence-electron chi connectivity index (χ4n) is 2.66. The molecule has 0 aliphatic heterocycles. The molecule has 4 N–H and O–H groups in total. The van der Waals surface area contributed by atoms with Gasteiger partial charge in [0.15, 0.2) is 0 Å². The van der Waals surface area contributed by atoms with Gasteiger partial charge in [-0.15, -0.1) is 0 Å². The monoisotopic (exact) mass is 399 g/mol. The van der Waals surface area contributed by atoms with E-state index < -0.39 is 6.03 Å². The summed E-state index contributed by atoms with van der Waals surface area (Å²) < 4.78 is 5.77. The first-order chi connectivity index (χ1) is 13.4. The van der Waals surface area contributed by atoms with Crippen LogP contribution in [0.5, 0.6) is 11.6 Å². The molecule has 0 aliphatic rings. The molecule has 2 aromatic carbocycles. The van der Waals surface area contributed by atoms with Gasteiger partial charge in [-0.1, -0.05) is 35.6 Å². The number of nitrogens with two attached hydrogens (primary N) is 1. The van der Waals surface area contributed by atoms with Crippen LogP contribution in [0.1, 0.15) is 16.0 Å². The van der Waals surface area contributed by atoms with Crippen molar-refractivity contribution in [2.45, 2.75) is 12.8 Å². The number of amides is 2. The highest BCUT2D eigenvalue weighted by Gasteiger charge is 2.08. The highest BCUT2D eigenvalue weighted by Crippen LogP contribution is 2.22. The Hall–Kier alpha value is -3.26. The van der Waals surface area contributed by atoms with Gasteiger partial charge in [0.25, 0.3) is 0 Å². The average molecular weight is 399 g/mol. The zero-order chi connectivity index (χ0) is 20.1. The molecule has 0 bridgehead atoms. The molecule has 7 nitrogen and oxygen atoms in total. The van der Waals surface area contributed by atoms with Crippen molar-refractivity contribution >= 4 is 23.1 Å². The summed E-state index contributed by atoms with van der Waals surface area (Å²) in [5.41, 5.74) is 8.07. The number of nitrogens with zero attached hydrogens (tertiary/aromatic N) is 1. The van der Waals surface area contributed by atoms with Gasteiger partial charge in [0.1, 0.15) is 5.75 Å². The van der Waals surface area contributed by atoms with Crippen LogP contribution in [-0.4, -0.2) is 29.8 Å². The summed E-state index contributed by atoms with van der Waals surface area (Å²) in [5.74, 6) is 0.684. The maximum atomic E-state index is 11.2. The first-order valence-electron chi connectivity index (χ1n) is 8.67. The zero-order valence-electron chi connectivity index (χ0n) is 15.3. The maximum absolute atomic E-state index is 11.2. The molecule has 3 aromatic rings. The van der Waals surface area contributed by atoms with Gasteiger partial charge in [-0.2, -0.15) is 0 Å². The van der Waals surface area contributed by atoms with Crippen molar-refractivity contribution in [1.82, 2.24) is 4.98 Å². The Labute approximate surface area is 166 Å². The summed E-state index contributed by atoms with van der Waals surface area (Å²) in [6.07, 6.45) is 1.22. The van der Waals surface area contributed by atoms with Crippen LogP contribution in [0.25, 0.3) is 0 Å². The van der Waals surface area contributed by atoms with Crippen LogP contribution in [0.4, 0.5) is 10.5 Å². The number of nitrogens with one attached hydrogen (secondary N) is 1. The maximum Gasteiger partial charge on any atom is 0.318 e. The van der Waals surface area contributed by atoms with E-state index in [0.29, 0.717) is 17.9 Å². The van der Waals surface area contributed by atoms with Crippen LogP contribution in [-0.2, 0) is 12.8 Å². The first-order valence-corrected chi connectivity index (χ1v) is 9.49. The molecule has 146 valence electrons. The van der Waals surface area contributed by atoms with Gasteiger partial charge in [-0.05, 0) is 35.4 Å². The first kappa shape index (κ1) is 19.5. The number of rotatable bonds is 7. The molecule has 2 amide bonds. The molecule has 1 aromatic heterocycles. The van der Waals surface area contributed by atoms with Gasteiger partial charge in [-0.3, -0.25) is 14.7 Å². The van der Waals surface area contributed by atoms with Gasteiger partial charge >= 0.3 is 10.9 Å². The molecule has 0 atom stereocenters. The smallest absolute Gasteiger partial charge is 0.318 e. The van der Waals surface area contributed by atoms with Crippen molar-refractivity contribution in [3.8, 4) is 11.6 Å². The third-order valence-corrected chi connectivity index (χ3v) is 5.17. The van der Waals surface area contributed by atoms with Crippen LogP contribution in [0.3, 0.4) is 0 Å². The van der Waals surface area contributed by atoms with E-state index in [-0.39, 0.29) is 10.8 Å². The summed E-state index contributed by atoms with van der Waals surface area (Å²) in [6, 6.07) is 14.6. The van der Waals surface area contributed by atoms with Crippen molar-refractivity contribution in [1.29, 1.82) is 0 Å². The molecule has 28 heavy (non-hydrogen) atoms. The number of H-pyrrole nitrogens is 1. The number of thiazole rings is 1. The lowest BCUT2D eigenvalue weighted by atomic mass is 10.1. The Morgan fingerprint density at radius 3 is 2.36 bits per heavy atom. The number of benzene rings is 2. The van der Waals surface area contributed by atoms with Gasteiger partial charge in [0.05, 0.1) is 11.5 Å². The molecule has 3 rings (SSSR count). The Morgan fingerprint density at radius 2 is 1.79 bits per heavy atom. The van der Waals surface area contributed by atoms with Crippen molar-refractivity contribution in [2.24, 2.45) is 5.73 Å². The topological polar surface area (TPSA) is 109 Å². The van der Waals surface area contributed by atoms with Gasteiger partial charge in [0, 0.05) is 25.6 Å². The van der Waals surface area contributed by atoms with Crippen LogP contribution < -0.4 is 20.2 Å². The SMILES string of the molecule is CN(C(N)=O)c1ccc(CCOc2ccc(Cc3sc(=O)[nH]c3O)cc2)cc1. The van der Waals surface area contributed by atoms with Crippen molar-refractivity contribution in [3.63, 3.8) is 0 Å². The molecule has 1 heterocycles. The minimum atomic E-state index is -0.500. The average Bonchev–Trinajstić information content (AvgIpc) is 3.00. The summed E-state index contributed by atoms with van der Waals surface area (Å²) in [7, 11) is 1.63. The van der Waals surface area contributed by atoms with Gasteiger partial charge in [-0.25, -0.2) is 4.79 Å². The zero-order valence-corrected chi connectivity index (χ0v) is 16.2. The van der Waals surface area contributed by atoms with E-state index in [9.17, 15) is 14.7 Å². The molecule has 0 saturated carbocycles. The fourth-order valence-corrected chi connectivity index (χ4v) is 3.42. The van der Waals surface area contributed by atoms with Crippen molar-refractivity contribution < 1.29 is 14.6 Å². The Kier molecular flexibility index (Phi) is 6.00. The van der Waals surface area contributed by atoms with Crippen LogP contribution >= 0.6 is 11.3 Å². The Bertz CT molecular complexity index is 994. The predicted molar refractivity (Wildman–Crippen MR) is 109 cm³/mol. The van der Waals surface area contributed by atoms with E-state index >= 15 is 0 Å². The van der Waals surface area contributed by atoms with Crippen LogP contribution in [0.15, 0.2) is 53.3 Å². The summed E-state index contributed by atoms with van der Waals surface area (Å²) in [6.45, 7) is 0.518. The number of aromatic hydroxyl groups is 1. The third kappa shape index (κ3) is 4.92. The number of aromatic nitrogens is 1. The minimum Gasteiger partial charge on any atom is -0.494 e. The van der Waals surface area contributed by atoms with E-state index in [4.69, 9.17) is 10.5 Å². The van der Waals surface area contributed by atoms with E-state index in [2.05, 4.69) is 4.98 Å². The second kappa shape index (κ2) is 8.62. The Morgan fingerprint density at radius 1 is 1.14 bits per heavy atom. The van der Waals surface area contributed by atoms with Crippen LogP contribution in [0, 0.1) is 0 Å². The molecule has 0 unspecified atom stereocenters. The largest absolute Gasteiger partial charge is 0.494 e. The van der Waals surface area contributed by atoms with Gasteiger partial charge < -0.3 is 15.6 Å². The lowest BCUT2D eigenvalue weighted by Crippen LogP contribution is -2.31. The quantitative estimate of drug-likeness (QED) is 0.567. The summed E-state index contributed by atoms with van der Waals surface area (Å²) >= 11 is 1.01. The number of urea groups is 1. The molecule has 8 heteroatoms. The molecular weight excluding hydrogens is 378 g/mol. The van der Waals surface area contributed by atoms with Gasteiger partial charge in [0.2, 0.25) is 5.88 Å². The molecule has 0 spiro atoms. The normalized spacial score (nSPS) is 10.6. The lowest BCUT2D eigenvalue weighted by Gasteiger charge is -2.14. The molecular formula is C20H21N3O4S. The third-order valence-electron chi connectivity index (χ3n) is 4.30. The second-order valence-electron chi connectivity index (χ2n) is 6.27. The predicted octanol–water partition coefficient (Wildman–Crippen LogP) is 2.87.